The van der Waals surface area contributed by atoms with Crippen LogP contribution in [0.2, 0.25) is 10.0 Å². The van der Waals surface area contributed by atoms with Crippen LogP contribution in [0.3, 0.4) is 0 Å². The van der Waals surface area contributed by atoms with Crippen molar-refractivity contribution in [2.45, 2.75) is 42.2 Å². The van der Waals surface area contributed by atoms with E-state index in [-0.39, 0.29) is 9.92 Å². The molecule has 0 spiro atoms. The molecule has 1 fully saturated rings. The second kappa shape index (κ2) is 5.55. The molecule has 1 aromatic rings. The molecule has 1 aliphatic rings. The topological polar surface area (TPSA) is 57.9 Å². The third-order valence-corrected chi connectivity index (χ3v) is 7.10. The zero-order valence-corrected chi connectivity index (χ0v) is 13.4. The molecule has 0 atom stereocenters. The van der Waals surface area contributed by atoms with Crippen molar-refractivity contribution in [2.24, 2.45) is 5.92 Å². The van der Waals surface area contributed by atoms with E-state index in [1.54, 1.807) is 0 Å². The van der Waals surface area contributed by atoms with Crippen LogP contribution in [0.4, 0.5) is 0 Å². The predicted molar refractivity (Wildman–Crippen MR) is 79.6 cm³/mol. The number of nitriles is 1. The van der Waals surface area contributed by atoms with Crippen molar-refractivity contribution >= 4 is 33.0 Å². The van der Waals surface area contributed by atoms with E-state index in [9.17, 15) is 13.7 Å². The van der Waals surface area contributed by atoms with Crippen LogP contribution in [-0.4, -0.2) is 13.2 Å². The Morgan fingerprint density at radius 2 is 1.90 bits per heavy atom. The first kappa shape index (κ1) is 15.6. The second-order valence-corrected chi connectivity index (χ2v) is 8.44. The Morgan fingerprint density at radius 1 is 1.30 bits per heavy atom. The normalized spacial score (nSPS) is 27.0. The lowest BCUT2D eigenvalue weighted by Crippen LogP contribution is -2.40. The zero-order chi connectivity index (χ0) is 15.0. The van der Waals surface area contributed by atoms with Gasteiger partial charge in [0, 0.05) is 5.02 Å². The highest BCUT2D eigenvalue weighted by atomic mass is 35.5. The number of benzene rings is 1. The molecule has 6 heteroatoms. The standard InChI is InChI=1S/C14H15Cl2NO2S/c1-10-4-6-14(9-17,7-5-10)20(18,19)13-8-11(15)2-3-12(13)16/h2-3,8,10H,4-7H2,1H3. The Labute approximate surface area is 129 Å². The SMILES string of the molecule is CC1CCC(C#N)(S(=O)(=O)c2cc(Cl)ccc2Cl)CC1. The first-order valence-corrected chi connectivity index (χ1v) is 8.67. The zero-order valence-electron chi connectivity index (χ0n) is 11.1. The van der Waals surface area contributed by atoms with Crippen molar-refractivity contribution in [3.05, 3.63) is 28.2 Å². The molecule has 1 aromatic carbocycles. The van der Waals surface area contributed by atoms with E-state index in [0.29, 0.717) is 23.8 Å². The molecule has 0 aromatic heterocycles. The van der Waals surface area contributed by atoms with Crippen LogP contribution in [0.1, 0.15) is 32.6 Å². The first-order chi connectivity index (χ1) is 9.32. The molecule has 0 saturated heterocycles. The summed E-state index contributed by atoms with van der Waals surface area (Å²) < 4.78 is 24.3. The minimum absolute atomic E-state index is 0.0391. The van der Waals surface area contributed by atoms with Gasteiger partial charge < -0.3 is 0 Å². The minimum Gasteiger partial charge on any atom is -0.222 e. The lowest BCUT2D eigenvalue weighted by molar-refractivity contribution is 0.345. The molecule has 0 aliphatic heterocycles. The quantitative estimate of drug-likeness (QED) is 0.814. The van der Waals surface area contributed by atoms with Crippen molar-refractivity contribution < 1.29 is 8.42 Å². The molecule has 0 amide bonds. The Hall–Kier alpha value is -0.760. The van der Waals surface area contributed by atoms with Crippen LogP contribution in [0.5, 0.6) is 0 Å². The Bertz CT molecular complexity index is 656. The van der Waals surface area contributed by atoms with Crippen molar-refractivity contribution in [3.63, 3.8) is 0 Å². The molecule has 0 bridgehead atoms. The number of rotatable bonds is 2. The monoisotopic (exact) mass is 331 g/mol. The summed E-state index contributed by atoms with van der Waals surface area (Å²) in [5.74, 6) is 0.446. The van der Waals surface area contributed by atoms with Gasteiger partial charge in [-0.3, -0.25) is 0 Å². The van der Waals surface area contributed by atoms with E-state index in [2.05, 4.69) is 6.92 Å². The van der Waals surface area contributed by atoms with Gasteiger partial charge in [0.05, 0.1) is 16.0 Å². The lowest BCUT2D eigenvalue weighted by atomic mass is 9.83. The summed E-state index contributed by atoms with van der Waals surface area (Å²) in [6, 6.07) is 6.35. The van der Waals surface area contributed by atoms with E-state index in [1.807, 2.05) is 6.07 Å². The maximum Gasteiger partial charge on any atom is 0.198 e. The number of hydrogen-bond acceptors (Lipinski definition) is 3. The molecule has 1 aliphatic carbocycles. The number of nitrogens with zero attached hydrogens (tertiary/aromatic N) is 1. The fraction of sp³-hybridized carbons (Fsp3) is 0.500. The average Bonchev–Trinajstić information content (AvgIpc) is 2.42. The highest BCUT2D eigenvalue weighted by Crippen LogP contribution is 2.42. The van der Waals surface area contributed by atoms with E-state index in [4.69, 9.17) is 23.2 Å². The first-order valence-electron chi connectivity index (χ1n) is 6.43. The van der Waals surface area contributed by atoms with Crippen molar-refractivity contribution in [1.82, 2.24) is 0 Å². The molecule has 20 heavy (non-hydrogen) atoms. The van der Waals surface area contributed by atoms with Crippen molar-refractivity contribution in [3.8, 4) is 6.07 Å². The van der Waals surface area contributed by atoms with Gasteiger partial charge in [-0.2, -0.15) is 5.26 Å². The molecule has 0 radical (unpaired) electrons. The molecule has 3 nitrogen and oxygen atoms in total. The molecule has 108 valence electrons. The second-order valence-electron chi connectivity index (χ2n) is 5.37. The number of halogens is 2. The van der Waals surface area contributed by atoms with Crippen LogP contribution in [0.15, 0.2) is 23.1 Å². The highest BCUT2D eigenvalue weighted by molar-refractivity contribution is 7.93. The van der Waals surface area contributed by atoms with Gasteiger partial charge in [0.25, 0.3) is 0 Å². The Balaban J connectivity index is 2.53. The van der Waals surface area contributed by atoms with Crippen LogP contribution < -0.4 is 0 Å². The van der Waals surface area contributed by atoms with Crippen LogP contribution >= 0.6 is 23.2 Å². The Kier molecular flexibility index (Phi) is 4.34. The van der Waals surface area contributed by atoms with E-state index in [1.165, 1.54) is 18.2 Å². The molecule has 2 rings (SSSR count). The summed E-state index contributed by atoms with van der Waals surface area (Å²) in [5, 5.41) is 9.89. The smallest absolute Gasteiger partial charge is 0.198 e. The number of hydrogen-bond donors (Lipinski definition) is 0. The molecule has 0 heterocycles. The van der Waals surface area contributed by atoms with Crippen molar-refractivity contribution in [1.29, 1.82) is 5.26 Å². The summed E-state index contributed by atoms with van der Waals surface area (Å²) in [5.41, 5.74) is 0. The van der Waals surface area contributed by atoms with Gasteiger partial charge in [-0.1, -0.05) is 30.1 Å². The van der Waals surface area contributed by atoms with Gasteiger partial charge in [0.15, 0.2) is 14.6 Å². The van der Waals surface area contributed by atoms with Crippen LogP contribution in [0.25, 0.3) is 0 Å². The van der Waals surface area contributed by atoms with Gasteiger partial charge in [-0.05, 0) is 49.8 Å². The van der Waals surface area contributed by atoms with E-state index < -0.39 is 14.6 Å². The Morgan fingerprint density at radius 3 is 2.45 bits per heavy atom. The third kappa shape index (κ3) is 2.55. The van der Waals surface area contributed by atoms with Crippen LogP contribution in [-0.2, 0) is 9.84 Å². The third-order valence-electron chi connectivity index (χ3n) is 3.98. The maximum absolute atomic E-state index is 12.9. The molecular formula is C14H15Cl2NO2S. The predicted octanol–water partition coefficient (Wildman–Crippen LogP) is 4.24. The van der Waals surface area contributed by atoms with Gasteiger partial charge >= 0.3 is 0 Å². The van der Waals surface area contributed by atoms with E-state index >= 15 is 0 Å². The lowest BCUT2D eigenvalue weighted by Gasteiger charge is -2.33. The fourth-order valence-corrected chi connectivity index (χ4v) is 5.14. The summed E-state index contributed by atoms with van der Waals surface area (Å²) in [6.45, 7) is 2.07. The largest absolute Gasteiger partial charge is 0.222 e. The summed E-state index contributed by atoms with van der Waals surface area (Å²) in [4.78, 5) is -0.0391. The molecule has 0 N–H and O–H groups in total. The maximum atomic E-state index is 12.9. The van der Waals surface area contributed by atoms with Gasteiger partial charge in [-0.25, -0.2) is 8.42 Å². The van der Waals surface area contributed by atoms with Crippen LogP contribution in [0, 0.1) is 17.2 Å². The van der Waals surface area contributed by atoms with E-state index in [0.717, 1.165) is 12.8 Å². The molecular weight excluding hydrogens is 317 g/mol. The minimum atomic E-state index is -3.83. The number of sulfone groups is 1. The summed E-state index contributed by atoms with van der Waals surface area (Å²) in [6.07, 6.45) is 2.14. The highest BCUT2D eigenvalue weighted by Gasteiger charge is 2.47. The summed E-state index contributed by atoms with van der Waals surface area (Å²) in [7, 11) is -3.83. The summed E-state index contributed by atoms with van der Waals surface area (Å²) >= 11 is 11.9. The van der Waals surface area contributed by atoms with Crippen molar-refractivity contribution in [2.75, 3.05) is 0 Å². The molecule has 0 unspecified atom stereocenters. The van der Waals surface area contributed by atoms with Gasteiger partial charge in [-0.15, -0.1) is 0 Å². The molecule has 1 saturated carbocycles. The fourth-order valence-electron chi connectivity index (χ4n) is 2.56. The van der Waals surface area contributed by atoms with Gasteiger partial charge in [0.1, 0.15) is 0 Å². The van der Waals surface area contributed by atoms with Gasteiger partial charge in [0.2, 0.25) is 0 Å². The average molecular weight is 332 g/mol.